The van der Waals surface area contributed by atoms with Gasteiger partial charge in [-0.05, 0) is 29.8 Å². The molecule has 0 atom stereocenters. The first kappa shape index (κ1) is 19.8. The minimum Gasteiger partial charge on any atom is -0.493 e. The van der Waals surface area contributed by atoms with E-state index < -0.39 is 10.8 Å². The van der Waals surface area contributed by atoms with Gasteiger partial charge in [0.2, 0.25) is 0 Å². The zero-order valence-corrected chi connectivity index (χ0v) is 15.1. The topological polar surface area (TPSA) is 114 Å². The van der Waals surface area contributed by atoms with E-state index in [1.807, 2.05) is 6.07 Å². The molecule has 2 rings (SSSR count). The molecule has 138 valence electrons. The van der Waals surface area contributed by atoms with Gasteiger partial charge in [-0.1, -0.05) is 17.7 Å². The molecular weight excluding hydrogens is 374 g/mol. The summed E-state index contributed by atoms with van der Waals surface area (Å²) >= 11 is 5.95. The van der Waals surface area contributed by atoms with Crippen LogP contribution in [0, 0.1) is 21.4 Å². The monoisotopic (exact) mass is 387 g/mol. The minimum absolute atomic E-state index is 0.0130. The van der Waals surface area contributed by atoms with Gasteiger partial charge < -0.3 is 14.8 Å². The van der Waals surface area contributed by atoms with E-state index in [-0.39, 0.29) is 22.0 Å². The number of nitrogens with one attached hydrogen (secondary N) is 1. The lowest BCUT2D eigenvalue weighted by atomic mass is 10.1. The predicted octanol–water partition coefficient (Wildman–Crippen LogP) is 3.81. The van der Waals surface area contributed by atoms with Gasteiger partial charge in [-0.15, -0.1) is 0 Å². The van der Waals surface area contributed by atoms with Crippen molar-refractivity contribution in [3.63, 3.8) is 0 Å². The normalized spacial score (nSPS) is 10.7. The van der Waals surface area contributed by atoms with E-state index >= 15 is 0 Å². The largest absolute Gasteiger partial charge is 0.493 e. The molecular formula is C18H14ClN3O5. The predicted molar refractivity (Wildman–Crippen MR) is 99.9 cm³/mol. The van der Waals surface area contributed by atoms with E-state index in [2.05, 4.69) is 5.32 Å². The summed E-state index contributed by atoms with van der Waals surface area (Å²) in [6.45, 7) is 0. The number of carbonyl (C=O) groups is 1. The number of rotatable bonds is 6. The van der Waals surface area contributed by atoms with E-state index in [4.69, 9.17) is 21.1 Å². The molecule has 8 nitrogen and oxygen atoms in total. The number of nitrogens with zero attached hydrogens (tertiary/aromatic N) is 2. The molecule has 1 N–H and O–H groups in total. The molecule has 0 heterocycles. The van der Waals surface area contributed by atoms with Crippen LogP contribution in [0.5, 0.6) is 11.5 Å². The van der Waals surface area contributed by atoms with E-state index in [0.29, 0.717) is 17.1 Å². The molecule has 0 saturated heterocycles. The summed E-state index contributed by atoms with van der Waals surface area (Å²) in [6, 6.07) is 10.3. The van der Waals surface area contributed by atoms with E-state index in [1.165, 1.54) is 32.4 Å². The number of nitro groups is 1. The third-order valence-corrected chi connectivity index (χ3v) is 3.81. The van der Waals surface area contributed by atoms with Crippen molar-refractivity contribution in [3.8, 4) is 17.6 Å². The Morgan fingerprint density at radius 3 is 2.48 bits per heavy atom. The number of hydrogen-bond acceptors (Lipinski definition) is 6. The van der Waals surface area contributed by atoms with Gasteiger partial charge in [-0.2, -0.15) is 5.26 Å². The Balaban J connectivity index is 2.27. The van der Waals surface area contributed by atoms with Crippen LogP contribution in [0.25, 0.3) is 6.08 Å². The summed E-state index contributed by atoms with van der Waals surface area (Å²) in [4.78, 5) is 22.5. The third kappa shape index (κ3) is 4.74. The summed E-state index contributed by atoms with van der Waals surface area (Å²) < 4.78 is 10.3. The van der Waals surface area contributed by atoms with Crippen LogP contribution in [0.4, 0.5) is 11.4 Å². The molecule has 0 aliphatic carbocycles. The Labute approximate surface area is 159 Å². The van der Waals surface area contributed by atoms with Crippen LogP contribution < -0.4 is 14.8 Å². The van der Waals surface area contributed by atoms with Gasteiger partial charge in [0.05, 0.1) is 29.9 Å². The first-order valence-corrected chi connectivity index (χ1v) is 7.86. The first-order valence-electron chi connectivity index (χ1n) is 7.48. The van der Waals surface area contributed by atoms with Crippen molar-refractivity contribution >= 4 is 35.0 Å². The molecule has 0 aliphatic rings. The molecule has 27 heavy (non-hydrogen) atoms. The molecule has 0 spiro atoms. The summed E-state index contributed by atoms with van der Waals surface area (Å²) in [7, 11) is 2.97. The average molecular weight is 388 g/mol. The van der Waals surface area contributed by atoms with Gasteiger partial charge in [0.1, 0.15) is 11.6 Å². The number of benzene rings is 2. The maximum atomic E-state index is 12.3. The number of carbonyl (C=O) groups excluding carboxylic acids is 1. The van der Waals surface area contributed by atoms with Gasteiger partial charge in [-0.3, -0.25) is 14.9 Å². The van der Waals surface area contributed by atoms with Gasteiger partial charge in [-0.25, -0.2) is 0 Å². The number of hydrogen-bond donors (Lipinski definition) is 1. The number of nitro benzene ring substituents is 1. The lowest BCUT2D eigenvalue weighted by Gasteiger charge is -2.09. The summed E-state index contributed by atoms with van der Waals surface area (Å²) in [5, 5.41) is 22.5. The van der Waals surface area contributed by atoms with Crippen molar-refractivity contribution in [2.75, 3.05) is 19.5 Å². The highest BCUT2D eigenvalue weighted by atomic mass is 35.5. The molecule has 0 saturated carbocycles. The van der Waals surface area contributed by atoms with E-state index in [9.17, 15) is 20.2 Å². The SMILES string of the molecule is COc1ccc(/C=C(\C#N)C(=O)Nc2ccc([N+](=O)[O-])cc2Cl)cc1OC. The Morgan fingerprint density at radius 2 is 1.93 bits per heavy atom. The summed E-state index contributed by atoms with van der Waals surface area (Å²) in [5.41, 5.74) is 0.311. The minimum atomic E-state index is -0.706. The van der Waals surface area contributed by atoms with Crippen molar-refractivity contribution in [1.29, 1.82) is 5.26 Å². The number of methoxy groups -OCH3 is 2. The standard InChI is InChI=1S/C18H14ClN3O5/c1-26-16-6-3-11(8-17(16)27-2)7-12(10-20)18(23)21-15-5-4-13(22(24)25)9-14(15)19/h3-9H,1-2H3,(H,21,23)/b12-7+. The fourth-order valence-corrected chi connectivity index (χ4v) is 2.39. The average Bonchev–Trinajstić information content (AvgIpc) is 2.67. The summed E-state index contributed by atoms with van der Waals surface area (Å²) in [5.74, 6) is 0.251. The van der Waals surface area contributed by atoms with Crippen LogP contribution in [0.2, 0.25) is 5.02 Å². The zero-order valence-electron chi connectivity index (χ0n) is 14.4. The van der Waals surface area contributed by atoms with Crippen LogP contribution >= 0.6 is 11.6 Å². The molecule has 9 heteroatoms. The lowest BCUT2D eigenvalue weighted by Crippen LogP contribution is -2.13. The van der Waals surface area contributed by atoms with Crippen LogP contribution in [0.3, 0.4) is 0 Å². The maximum Gasteiger partial charge on any atom is 0.271 e. The van der Waals surface area contributed by atoms with Crippen molar-refractivity contribution in [3.05, 3.63) is 62.7 Å². The van der Waals surface area contributed by atoms with Crippen molar-refractivity contribution in [2.45, 2.75) is 0 Å². The third-order valence-electron chi connectivity index (χ3n) is 3.50. The molecule has 0 unspecified atom stereocenters. The number of nitriles is 1. The zero-order chi connectivity index (χ0) is 20.0. The van der Waals surface area contributed by atoms with Crippen molar-refractivity contribution < 1.29 is 19.2 Å². The highest BCUT2D eigenvalue weighted by molar-refractivity contribution is 6.34. The fraction of sp³-hybridized carbons (Fsp3) is 0.111. The van der Waals surface area contributed by atoms with Gasteiger partial charge in [0.15, 0.2) is 11.5 Å². The fourth-order valence-electron chi connectivity index (χ4n) is 2.17. The van der Waals surface area contributed by atoms with E-state index in [1.54, 1.807) is 18.2 Å². The smallest absolute Gasteiger partial charge is 0.271 e. The van der Waals surface area contributed by atoms with Crippen LogP contribution in [0.1, 0.15) is 5.56 Å². The number of ether oxygens (including phenoxy) is 2. The highest BCUT2D eigenvalue weighted by Crippen LogP contribution is 2.29. The number of halogens is 1. The van der Waals surface area contributed by atoms with Crippen LogP contribution in [0.15, 0.2) is 42.0 Å². The van der Waals surface area contributed by atoms with Crippen LogP contribution in [-0.2, 0) is 4.79 Å². The quantitative estimate of drug-likeness (QED) is 0.349. The molecule has 2 aromatic rings. The second-order valence-electron chi connectivity index (χ2n) is 5.16. The Kier molecular flexibility index (Phi) is 6.36. The number of non-ortho nitro benzene ring substituents is 1. The number of amides is 1. The Hall–Kier alpha value is -3.57. The lowest BCUT2D eigenvalue weighted by molar-refractivity contribution is -0.384. The molecule has 0 bridgehead atoms. The molecule has 0 aromatic heterocycles. The van der Waals surface area contributed by atoms with Gasteiger partial charge in [0, 0.05) is 12.1 Å². The highest BCUT2D eigenvalue weighted by Gasteiger charge is 2.15. The second kappa shape index (κ2) is 8.69. The molecule has 1 amide bonds. The second-order valence-corrected chi connectivity index (χ2v) is 5.57. The molecule has 0 aliphatic heterocycles. The Morgan fingerprint density at radius 1 is 1.22 bits per heavy atom. The molecule has 2 aromatic carbocycles. The Bertz CT molecular complexity index is 966. The first-order chi connectivity index (χ1) is 12.9. The number of anilines is 1. The molecule has 0 radical (unpaired) electrons. The molecule has 0 fully saturated rings. The van der Waals surface area contributed by atoms with Gasteiger partial charge in [0.25, 0.3) is 11.6 Å². The van der Waals surface area contributed by atoms with Gasteiger partial charge >= 0.3 is 0 Å². The van der Waals surface area contributed by atoms with Crippen molar-refractivity contribution in [2.24, 2.45) is 0 Å². The maximum absolute atomic E-state index is 12.3. The summed E-state index contributed by atoms with van der Waals surface area (Å²) in [6.07, 6.45) is 1.37. The van der Waals surface area contributed by atoms with Crippen molar-refractivity contribution in [1.82, 2.24) is 0 Å². The van der Waals surface area contributed by atoms with E-state index in [0.717, 1.165) is 6.07 Å². The van der Waals surface area contributed by atoms with Crippen LogP contribution in [-0.4, -0.2) is 25.1 Å².